The number of carbonyl (C=O) groups is 2. The summed E-state index contributed by atoms with van der Waals surface area (Å²) in [4.78, 5) is 23.6. The van der Waals surface area contributed by atoms with Crippen LogP contribution in [0.15, 0.2) is 53.4 Å². The molecule has 1 amide bonds. The summed E-state index contributed by atoms with van der Waals surface area (Å²) in [6.07, 6.45) is 0. The number of benzene rings is 2. The number of sulfonamides is 1. The van der Waals surface area contributed by atoms with Gasteiger partial charge in [-0.15, -0.1) is 0 Å². The molecule has 0 spiro atoms. The number of hydrogen-bond acceptors (Lipinski definition) is 5. The molecule has 2 N–H and O–H groups in total. The van der Waals surface area contributed by atoms with E-state index in [-0.39, 0.29) is 22.1 Å². The van der Waals surface area contributed by atoms with Gasteiger partial charge in [0.15, 0.2) is 0 Å². The van der Waals surface area contributed by atoms with Crippen molar-refractivity contribution in [2.24, 2.45) is 5.41 Å². The van der Waals surface area contributed by atoms with Crippen molar-refractivity contribution in [3.05, 3.63) is 54.1 Å². The Balaban J connectivity index is 2.25. The standard InChI is InChI=1S/C19H22N2O5S/c1-19(2,3)18(23)20-14-8-6-9-15(12-14)21-27(24,25)16-10-5-7-13(11-16)17(22)26-4/h5-12,21H,1-4H3,(H,20,23). The van der Waals surface area contributed by atoms with Gasteiger partial charge < -0.3 is 10.1 Å². The lowest BCUT2D eigenvalue weighted by Crippen LogP contribution is -2.27. The molecule has 0 fully saturated rings. The zero-order valence-electron chi connectivity index (χ0n) is 15.6. The van der Waals surface area contributed by atoms with Gasteiger partial charge in [0.25, 0.3) is 10.0 Å². The SMILES string of the molecule is COC(=O)c1cccc(S(=O)(=O)Nc2cccc(NC(=O)C(C)(C)C)c2)c1. The van der Waals surface area contributed by atoms with Gasteiger partial charge in [-0.25, -0.2) is 13.2 Å². The van der Waals surface area contributed by atoms with Gasteiger partial charge in [0.1, 0.15) is 0 Å². The molecule has 144 valence electrons. The highest BCUT2D eigenvalue weighted by Gasteiger charge is 2.21. The lowest BCUT2D eigenvalue weighted by molar-refractivity contribution is -0.123. The van der Waals surface area contributed by atoms with Crippen molar-refractivity contribution in [2.75, 3.05) is 17.1 Å². The first-order valence-electron chi connectivity index (χ1n) is 8.15. The fourth-order valence-electron chi connectivity index (χ4n) is 2.10. The minimum Gasteiger partial charge on any atom is -0.465 e. The van der Waals surface area contributed by atoms with Crippen molar-refractivity contribution in [1.29, 1.82) is 0 Å². The Kier molecular flexibility index (Phi) is 5.90. The van der Waals surface area contributed by atoms with Crippen LogP contribution in [0.25, 0.3) is 0 Å². The van der Waals surface area contributed by atoms with Crippen molar-refractivity contribution in [2.45, 2.75) is 25.7 Å². The lowest BCUT2D eigenvalue weighted by Gasteiger charge is -2.18. The Morgan fingerprint density at radius 2 is 1.59 bits per heavy atom. The van der Waals surface area contributed by atoms with Crippen LogP contribution in [0.4, 0.5) is 11.4 Å². The lowest BCUT2D eigenvalue weighted by atomic mass is 9.95. The van der Waals surface area contributed by atoms with Gasteiger partial charge in [-0.3, -0.25) is 9.52 Å². The predicted octanol–water partition coefficient (Wildman–Crippen LogP) is 3.26. The van der Waals surface area contributed by atoms with E-state index in [1.165, 1.54) is 37.4 Å². The molecule has 8 heteroatoms. The van der Waals surface area contributed by atoms with Crippen molar-refractivity contribution >= 4 is 33.3 Å². The van der Waals surface area contributed by atoms with Crippen LogP contribution in [-0.2, 0) is 19.6 Å². The summed E-state index contributed by atoms with van der Waals surface area (Å²) >= 11 is 0. The Morgan fingerprint density at radius 1 is 0.963 bits per heavy atom. The molecule has 0 saturated heterocycles. The molecule has 0 aromatic heterocycles. The third kappa shape index (κ3) is 5.30. The van der Waals surface area contributed by atoms with Crippen LogP contribution in [0.1, 0.15) is 31.1 Å². The summed E-state index contributed by atoms with van der Waals surface area (Å²) in [6.45, 7) is 5.34. The molecule has 0 saturated carbocycles. The summed E-state index contributed by atoms with van der Waals surface area (Å²) in [5.41, 5.74) is 0.305. The van der Waals surface area contributed by atoms with Gasteiger partial charge >= 0.3 is 5.97 Å². The number of nitrogens with one attached hydrogen (secondary N) is 2. The van der Waals surface area contributed by atoms with Crippen LogP contribution in [0.5, 0.6) is 0 Å². The van der Waals surface area contributed by atoms with Gasteiger partial charge in [-0.2, -0.15) is 0 Å². The van der Waals surface area contributed by atoms with E-state index in [1.54, 1.807) is 39.0 Å². The number of hydrogen-bond donors (Lipinski definition) is 2. The number of amides is 1. The second kappa shape index (κ2) is 7.79. The first-order chi connectivity index (χ1) is 12.5. The summed E-state index contributed by atoms with van der Waals surface area (Å²) in [5, 5.41) is 2.74. The molecule has 0 bridgehead atoms. The average Bonchev–Trinajstić information content (AvgIpc) is 2.60. The monoisotopic (exact) mass is 390 g/mol. The van der Waals surface area contributed by atoms with Gasteiger partial charge in [0, 0.05) is 11.1 Å². The van der Waals surface area contributed by atoms with E-state index in [2.05, 4.69) is 14.8 Å². The van der Waals surface area contributed by atoms with Crippen LogP contribution in [0.3, 0.4) is 0 Å². The topological polar surface area (TPSA) is 102 Å². The maximum absolute atomic E-state index is 12.6. The predicted molar refractivity (Wildman–Crippen MR) is 103 cm³/mol. The van der Waals surface area contributed by atoms with Gasteiger partial charge in [-0.1, -0.05) is 32.9 Å². The van der Waals surface area contributed by atoms with Gasteiger partial charge in [0.2, 0.25) is 5.91 Å². The van der Waals surface area contributed by atoms with Gasteiger partial charge in [-0.05, 0) is 36.4 Å². The molecular formula is C19H22N2O5S. The molecule has 0 unspecified atom stereocenters. The highest BCUT2D eigenvalue weighted by molar-refractivity contribution is 7.92. The van der Waals surface area contributed by atoms with E-state index in [9.17, 15) is 18.0 Å². The molecule has 0 radical (unpaired) electrons. The van der Waals surface area contributed by atoms with E-state index in [0.29, 0.717) is 5.69 Å². The molecular weight excluding hydrogens is 368 g/mol. The maximum Gasteiger partial charge on any atom is 0.337 e. The quantitative estimate of drug-likeness (QED) is 0.763. The van der Waals surface area contributed by atoms with E-state index in [1.807, 2.05) is 0 Å². The minimum atomic E-state index is -3.92. The zero-order valence-corrected chi connectivity index (χ0v) is 16.4. The summed E-state index contributed by atoms with van der Waals surface area (Å²) in [6, 6.07) is 11.9. The van der Waals surface area contributed by atoms with E-state index < -0.39 is 21.4 Å². The van der Waals surface area contributed by atoms with Crippen LogP contribution < -0.4 is 10.0 Å². The minimum absolute atomic E-state index is 0.0745. The molecule has 0 aliphatic rings. The third-order valence-electron chi connectivity index (χ3n) is 3.62. The Bertz CT molecular complexity index is 962. The number of ether oxygens (including phenoxy) is 1. The number of rotatable bonds is 5. The average molecular weight is 390 g/mol. The smallest absolute Gasteiger partial charge is 0.337 e. The second-order valence-electron chi connectivity index (χ2n) is 6.91. The number of anilines is 2. The summed E-state index contributed by atoms with van der Waals surface area (Å²) < 4.78 is 32.3. The largest absolute Gasteiger partial charge is 0.465 e. The van der Waals surface area contributed by atoms with Crippen LogP contribution >= 0.6 is 0 Å². The molecule has 2 rings (SSSR count). The van der Waals surface area contributed by atoms with Gasteiger partial charge in [0.05, 0.1) is 23.3 Å². The maximum atomic E-state index is 12.6. The second-order valence-corrected chi connectivity index (χ2v) is 8.59. The fourth-order valence-corrected chi connectivity index (χ4v) is 3.20. The fraction of sp³-hybridized carbons (Fsp3) is 0.263. The van der Waals surface area contributed by atoms with E-state index in [4.69, 9.17) is 0 Å². The molecule has 0 heterocycles. The molecule has 0 atom stereocenters. The van der Waals surface area contributed by atoms with Crippen LogP contribution in [0.2, 0.25) is 0 Å². The Hall–Kier alpha value is -2.87. The normalized spacial score (nSPS) is 11.6. The first kappa shape index (κ1) is 20.4. The third-order valence-corrected chi connectivity index (χ3v) is 5.00. The van der Waals surface area contributed by atoms with E-state index in [0.717, 1.165) is 0 Å². The highest BCUT2D eigenvalue weighted by atomic mass is 32.2. The first-order valence-corrected chi connectivity index (χ1v) is 9.64. The van der Waals surface area contributed by atoms with E-state index >= 15 is 0 Å². The Labute approximate surface area is 158 Å². The van der Waals surface area contributed by atoms with Crippen molar-refractivity contribution in [3.8, 4) is 0 Å². The van der Waals surface area contributed by atoms with Crippen molar-refractivity contribution in [1.82, 2.24) is 0 Å². The molecule has 0 aliphatic heterocycles. The molecule has 2 aromatic rings. The molecule has 27 heavy (non-hydrogen) atoms. The summed E-state index contributed by atoms with van der Waals surface area (Å²) in [5.74, 6) is -0.813. The molecule has 2 aromatic carbocycles. The van der Waals surface area contributed by atoms with Crippen LogP contribution in [0, 0.1) is 5.41 Å². The van der Waals surface area contributed by atoms with Crippen molar-refractivity contribution < 1.29 is 22.7 Å². The van der Waals surface area contributed by atoms with Crippen LogP contribution in [-0.4, -0.2) is 27.4 Å². The number of esters is 1. The highest BCUT2D eigenvalue weighted by Crippen LogP contribution is 2.22. The number of carbonyl (C=O) groups excluding carboxylic acids is 2. The molecule has 7 nitrogen and oxygen atoms in total. The number of methoxy groups -OCH3 is 1. The molecule has 0 aliphatic carbocycles. The summed E-state index contributed by atoms with van der Waals surface area (Å²) in [7, 11) is -2.70. The zero-order chi connectivity index (χ0) is 20.2. The Morgan fingerprint density at radius 3 is 2.22 bits per heavy atom. The van der Waals surface area contributed by atoms with Crippen molar-refractivity contribution in [3.63, 3.8) is 0 Å².